The normalized spacial score (nSPS) is 10.9. The fraction of sp³-hybridized carbons (Fsp3) is 0.538. The van der Waals surface area contributed by atoms with E-state index in [2.05, 4.69) is 37.0 Å². The molecule has 2 N–H and O–H groups in total. The summed E-state index contributed by atoms with van der Waals surface area (Å²) >= 11 is 6.14. The zero-order valence-electron chi connectivity index (χ0n) is 10.9. The molecule has 0 unspecified atom stereocenters. The lowest BCUT2D eigenvalue weighted by molar-refractivity contribution is 0.401. The van der Waals surface area contributed by atoms with E-state index in [1.165, 1.54) is 0 Å². The smallest absolute Gasteiger partial charge is 0.0471 e. The Hall–Kier alpha value is -0.770. The van der Waals surface area contributed by atoms with Crippen LogP contribution in [0.3, 0.4) is 0 Å². The Morgan fingerprint density at radius 1 is 1.18 bits per heavy atom. The second-order valence-corrected chi connectivity index (χ2v) is 4.97. The topological polar surface area (TPSA) is 32.5 Å². The van der Waals surface area contributed by atoms with Crippen LogP contribution in [-0.2, 0) is 6.54 Å². The zero-order chi connectivity index (χ0) is 12.8. The third-order valence-electron chi connectivity index (χ3n) is 2.80. The van der Waals surface area contributed by atoms with Gasteiger partial charge in [-0.05, 0) is 44.8 Å². The summed E-state index contributed by atoms with van der Waals surface area (Å²) in [5.41, 5.74) is 7.73. The van der Waals surface area contributed by atoms with Crippen LogP contribution in [0.1, 0.15) is 12.0 Å². The highest BCUT2D eigenvalue weighted by Crippen LogP contribution is 2.22. The van der Waals surface area contributed by atoms with Crippen LogP contribution in [0.15, 0.2) is 18.2 Å². The van der Waals surface area contributed by atoms with Gasteiger partial charge in [0, 0.05) is 30.8 Å². The molecule has 0 bridgehead atoms. The molecule has 96 valence electrons. The predicted molar refractivity (Wildman–Crippen MR) is 75.8 cm³/mol. The summed E-state index contributed by atoms with van der Waals surface area (Å²) in [7, 11) is 6.27. The minimum atomic E-state index is 0.490. The van der Waals surface area contributed by atoms with Crippen LogP contribution in [0, 0.1) is 0 Å². The molecule has 1 aromatic rings. The molecule has 0 spiro atoms. The van der Waals surface area contributed by atoms with Crippen molar-refractivity contribution in [3.8, 4) is 0 Å². The third kappa shape index (κ3) is 4.54. The van der Waals surface area contributed by atoms with Gasteiger partial charge in [0.2, 0.25) is 0 Å². The zero-order valence-corrected chi connectivity index (χ0v) is 11.7. The molecule has 3 nitrogen and oxygen atoms in total. The van der Waals surface area contributed by atoms with E-state index in [0.29, 0.717) is 6.54 Å². The Bertz CT molecular complexity index is 353. The van der Waals surface area contributed by atoms with E-state index >= 15 is 0 Å². The van der Waals surface area contributed by atoms with Crippen LogP contribution in [0.25, 0.3) is 0 Å². The molecule has 0 aromatic heterocycles. The quantitative estimate of drug-likeness (QED) is 0.846. The van der Waals surface area contributed by atoms with Crippen LogP contribution >= 0.6 is 11.6 Å². The Morgan fingerprint density at radius 2 is 1.88 bits per heavy atom. The number of hydrogen-bond donors (Lipinski definition) is 1. The van der Waals surface area contributed by atoms with Crippen molar-refractivity contribution in [2.75, 3.05) is 39.1 Å². The first kappa shape index (κ1) is 14.3. The first-order valence-electron chi connectivity index (χ1n) is 5.89. The summed E-state index contributed by atoms with van der Waals surface area (Å²) in [5.74, 6) is 0. The first-order valence-corrected chi connectivity index (χ1v) is 6.26. The van der Waals surface area contributed by atoms with Crippen LogP contribution in [0.2, 0.25) is 5.02 Å². The lowest BCUT2D eigenvalue weighted by Crippen LogP contribution is -2.23. The number of nitrogens with two attached hydrogens (primary N) is 1. The average molecular weight is 256 g/mol. The van der Waals surface area contributed by atoms with Gasteiger partial charge in [0.1, 0.15) is 0 Å². The number of nitrogens with zero attached hydrogens (tertiary/aromatic N) is 2. The van der Waals surface area contributed by atoms with Gasteiger partial charge < -0.3 is 15.5 Å². The summed E-state index contributed by atoms with van der Waals surface area (Å²) in [4.78, 5) is 4.41. The molecular weight excluding hydrogens is 234 g/mol. The highest BCUT2D eigenvalue weighted by Gasteiger charge is 2.04. The fourth-order valence-corrected chi connectivity index (χ4v) is 1.94. The van der Waals surface area contributed by atoms with Gasteiger partial charge in [-0.3, -0.25) is 0 Å². The minimum absolute atomic E-state index is 0.490. The molecule has 0 aliphatic rings. The van der Waals surface area contributed by atoms with Crippen LogP contribution in [0.4, 0.5) is 5.69 Å². The van der Waals surface area contributed by atoms with E-state index in [1.807, 2.05) is 12.1 Å². The molecule has 0 fully saturated rings. The minimum Gasteiger partial charge on any atom is -0.375 e. The lowest BCUT2D eigenvalue weighted by Gasteiger charge is -2.21. The van der Waals surface area contributed by atoms with Gasteiger partial charge in [0.05, 0.1) is 0 Å². The maximum absolute atomic E-state index is 6.14. The third-order valence-corrected chi connectivity index (χ3v) is 3.15. The molecule has 1 rings (SSSR count). The molecule has 4 heteroatoms. The Kier molecular flexibility index (Phi) is 5.75. The summed E-state index contributed by atoms with van der Waals surface area (Å²) in [6.45, 7) is 2.61. The molecule has 0 aliphatic carbocycles. The molecular formula is C13H22ClN3. The summed E-state index contributed by atoms with van der Waals surface area (Å²) in [5, 5.41) is 0.754. The molecule has 0 saturated carbocycles. The van der Waals surface area contributed by atoms with E-state index in [0.717, 1.165) is 35.8 Å². The molecule has 0 aliphatic heterocycles. The highest BCUT2D eigenvalue weighted by molar-refractivity contribution is 6.31. The number of hydrogen-bond acceptors (Lipinski definition) is 3. The standard InChI is InChI=1S/C13H22ClN3/c1-16(2)7-4-8-17(3)12-6-5-11(10-15)13(14)9-12/h5-6,9H,4,7-8,10,15H2,1-3H3. The Labute approximate surface area is 109 Å². The van der Waals surface area contributed by atoms with Gasteiger partial charge in [-0.2, -0.15) is 0 Å². The maximum Gasteiger partial charge on any atom is 0.0471 e. The molecule has 17 heavy (non-hydrogen) atoms. The summed E-state index contributed by atoms with van der Waals surface area (Å²) in [6, 6.07) is 6.06. The number of rotatable bonds is 6. The van der Waals surface area contributed by atoms with E-state index in [9.17, 15) is 0 Å². The molecule has 1 aromatic carbocycles. The van der Waals surface area contributed by atoms with E-state index in [-0.39, 0.29) is 0 Å². The first-order chi connectivity index (χ1) is 8.04. The van der Waals surface area contributed by atoms with Crippen molar-refractivity contribution in [2.45, 2.75) is 13.0 Å². The van der Waals surface area contributed by atoms with Crippen molar-refractivity contribution in [2.24, 2.45) is 5.73 Å². The van der Waals surface area contributed by atoms with Gasteiger partial charge in [0.15, 0.2) is 0 Å². The Morgan fingerprint density at radius 3 is 2.41 bits per heavy atom. The second-order valence-electron chi connectivity index (χ2n) is 4.56. The van der Waals surface area contributed by atoms with Crippen molar-refractivity contribution in [3.05, 3.63) is 28.8 Å². The number of halogens is 1. The van der Waals surface area contributed by atoms with Crippen molar-refractivity contribution < 1.29 is 0 Å². The molecule has 0 atom stereocenters. The van der Waals surface area contributed by atoms with Gasteiger partial charge in [-0.25, -0.2) is 0 Å². The molecule has 0 amide bonds. The van der Waals surface area contributed by atoms with Gasteiger partial charge in [-0.15, -0.1) is 0 Å². The van der Waals surface area contributed by atoms with Crippen LogP contribution in [0.5, 0.6) is 0 Å². The monoisotopic (exact) mass is 255 g/mol. The molecule has 0 saturated heterocycles. The average Bonchev–Trinajstić information content (AvgIpc) is 2.28. The summed E-state index contributed by atoms with van der Waals surface area (Å²) < 4.78 is 0. The van der Waals surface area contributed by atoms with Crippen LogP contribution in [-0.4, -0.2) is 39.1 Å². The largest absolute Gasteiger partial charge is 0.375 e. The van der Waals surface area contributed by atoms with Crippen molar-refractivity contribution in [1.82, 2.24) is 4.90 Å². The predicted octanol–water partition coefficient (Wildman–Crippen LogP) is 2.19. The van der Waals surface area contributed by atoms with Crippen molar-refractivity contribution >= 4 is 17.3 Å². The van der Waals surface area contributed by atoms with E-state index < -0.39 is 0 Å². The summed E-state index contributed by atoms with van der Waals surface area (Å²) in [6.07, 6.45) is 1.14. The number of benzene rings is 1. The maximum atomic E-state index is 6.14. The van der Waals surface area contributed by atoms with Crippen LogP contribution < -0.4 is 10.6 Å². The highest BCUT2D eigenvalue weighted by atomic mass is 35.5. The molecule has 0 heterocycles. The Balaban J connectivity index is 2.57. The second kappa shape index (κ2) is 6.84. The SMILES string of the molecule is CN(C)CCCN(C)c1ccc(CN)c(Cl)c1. The number of anilines is 1. The van der Waals surface area contributed by atoms with E-state index in [4.69, 9.17) is 17.3 Å². The fourth-order valence-electron chi connectivity index (χ4n) is 1.69. The van der Waals surface area contributed by atoms with Crippen molar-refractivity contribution in [1.29, 1.82) is 0 Å². The lowest BCUT2D eigenvalue weighted by atomic mass is 10.2. The van der Waals surface area contributed by atoms with Gasteiger partial charge in [0.25, 0.3) is 0 Å². The van der Waals surface area contributed by atoms with Gasteiger partial charge in [-0.1, -0.05) is 17.7 Å². The van der Waals surface area contributed by atoms with Crippen molar-refractivity contribution in [3.63, 3.8) is 0 Å². The van der Waals surface area contributed by atoms with Gasteiger partial charge >= 0.3 is 0 Å². The molecule has 0 radical (unpaired) electrons. The van der Waals surface area contributed by atoms with E-state index in [1.54, 1.807) is 0 Å².